The molecule has 1 heterocycles. The predicted octanol–water partition coefficient (Wildman–Crippen LogP) is 1.53. The summed E-state index contributed by atoms with van der Waals surface area (Å²) in [4.78, 5) is 0. The molecule has 1 nitrogen and oxygen atoms in total. The molecule has 0 fully saturated rings. The van der Waals surface area contributed by atoms with E-state index in [0.29, 0.717) is 0 Å². The minimum Gasteiger partial charge on any atom is -0.197 e. The number of allylic oxidation sites excluding steroid dienone is 1. The minimum absolute atomic E-state index is 0.208. The SMILES string of the molecule is N#CC1CC=CS1. The van der Waals surface area contributed by atoms with Gasteiger partial charge in [0.15, 0.2) is 0 Å². The Morgan fingerprint density at radius 1 is 1.86 bits per heavy atom. The summed E-state index contributed by atoms with van der Waals surface area (Å²) in [6.07, 6.45) is 2.96. The largest absolute Gasteiger partial charge is 0.197 e. The van der Waals surface area contributed by atoms with Crippen LogP contribution in [-0.2, 0) is 0 Å². The lowest BCUT2D eigenvalue weighted by molar-refractivity contribution is 1.11. The average molecular weight is 111 g/mol. The van der Waals surface area contributed by atoms with Crippen molar-refractivity contribution in [2.24, 2.45) is 0 Å². The van der Waals surface area contributed by atoms with Gasteiger partial charge in [0.25, 0.3) is 0 Å². The molecule has 0 bridgehead atoms. The highest BCUT2D eigenvalue weighted by Gasteiger charge is 2.06. The Bertz CT molecular complexity index is 115. The Morgan fingerprint density at radius 2 is 2.71 bits per heavy atom. The van der Waals surface area contributed by atoms with Crippen LogP contribution in [0.3, 0.4) is 0 Å². The molecule has 2 heteroatoms. The van der Waals surface area contributed by atoms with Crippen LogP contribution in [0.25, 0.3) is 0 Å². The number of thioether (sulfide) groups is 1. The Labute approximate surface area is 47.0 Å². The molecule has 1 aliphatic rings. The average Bonchev–Trinajstić information content (AvgIpc) is 2.14. The van der Waals surface area contributed by atoms with Gasteiger partial charge in [-0.25, -0.2) is 0 Å². The fraction of sp³-hybridized carbons (Fsp3) is 0.400. The zero-order valence-corrected chi connectivity index (χ0v) is 4.61. The van der Waals surface area contributed by atoms with Gasteiger partial charge in [-0.1, -0.05) is 6.08 Å². The van der Waals surface area contributed by atoms with Crippen LogP contribution in [0.1, 0.15) is 6.42 Å². The van der Waals surface area contributed by atoms with Crippen LogP contribution in [-0.4, -0.2) is 5.25 Å². The number of rotatable bonds is 0. The van der Waals surface area contributed by atoms with E-state index in [1.165, 1.54) is 0 Å². The van der Waals surface area contributed by atoms with Crippen molar-refractivity contribution in [2.45, 2.75) is 11.7 Å². The normalized spacial score (nSPS) is 27.6. The van der Waals surface area contributed by atoms with Gasteiger partial charge in [0.05, 0.1) is 11.3 Å². The van der Waals surface area contributed by atoms with Gasteiger partial charge in [-0.3, -0.25) is 0 Å². The predicted molar refractivity (Wildman–Crippen MR) is 30.7 cm³/mol. The first kappa shape index (κ1) is 4.73. The molecule has 0 aromatic rings. The van der Waals surface area contributed by atoms with Crippen molar-refractivity contribution < 1.29 is 0 Å². The highest BCUT2D eigenvalue weighted by atomic mass is 32.2. The van der Waals surface area contributed by atoms with Crippen LogP contribution >= 0.6 is 11.8 Å². The topological polar surface area (TPSA) is 23.8 Å². The first-order chi connectivity index (χ1) is 3.43. The number of nitrogens with zero attached hydrogens (tertiary/aromatic N) is 1. The van der Waals surface area contributed by atoms with Crippen LogP contribution < -0.4 is 0 Å². The Kier molecular flexibility index (Phi) is 1.38. The van der Waals surface area contributed by atoms with Crippen LogP contribution in [0, 0.1) is 11.3 Å². The first-order valence-corrected chi connectivity index (χ1v) is 3.08. The van der Waals surface area contributed by atoms with Gasteiger partial charge in [0, 0.05) is 0 Å². The maximum Gasteiger partial charge on any atom is 0.0992 e. The summed E-state index contributed by atoms with van der Waals surface area (Å²) >= 11 is 1.60. The summed E-state index contributed by atoms with van der Waals surface area (Å²) in [5.41, 5.74) is 0. The molecule has 0 aromatic heterocycles. The lowest BCUT2D eigenvalue weighted by Gasteiger charge is -1.88. The van der Waals surface area contributed by atoms with E-state index in [1.807, 2.05) is 11.5 Å². The van der Waals surface area contributed by atoms with Gasteiger partial charge in [-0.15, -0.1) is 11.8 Å². The zero-order chi connectivity index (χ0) is 5.11. The van der Waals surface area contributed by atoms with Gasteiger partial charge < -0.3 is 0 Å². The summed E-state index contributed by atoms with van der Waals surface area (Å²) in [6, 6.07) is 2.16. The maximum absolute atomic E-state index is 8.26. The lowest BCUT2D eigenvalue weighted by Crippen LogP contribution is -1.87. The third kappa shape index (κ3) is 0.971. The molecule has 1 aliphatic heterocycles. The van der Waals surface area contributed by atoms with Crippen molar-refractivity contribution in [3.05, 3.63) is 11.5 Å². The highest BCUT2D eigenvalue weighted by molar-refractivity contribution is 8.03. The fourth-order valence-corrected chi connectivity index (χ4v) is 1.16. The van der Waals surface area contributed by atoms with E-state index >= 15 is 0 Å². The maximum atomic E-state index is 8.26. The molecular weight excluding hydrogens is 106 g/mol. The third-order valence-electron chi connectivity index (χ3n) is 0.833. The third-order valence-corrected chi connectivity index (χ3v) is 1.81. The van der Waals surface area contributed by atoms with Crippen molar-refractivity contribution in [2.75, 3.05) is 0 Å². The van der Waals surface area contributed by atoms with E-state index in [9.17, 15) is 0 Å². The molecule has 1 atom stereocenters. The first-order valence-electron chi connectivity index (χ1n) is 2.13. The molecule has 0 radical (unpaired) electrons. The van der Waals surface area contributed by atoms with E-state index in [-0.39, 0.29) is 5.25 Å². The smallest absolute Gasteiger partial charge is 0.0992 e. The van der Waals surface area contributed by atoms with Crippen molar-refractivity contribution >= 4 is 11.8 Å². The van der Waals surface area contributed by atoms with Gasteiger partial charge in [-0.2, -0.15) is 5.26 Å². The lowest BCUT2D eigenvalue weighted by atomic mass is 10.3. The van der Waals surface area contributed by atoms with E-state index < -0.39 is 0 Å². The molecule has 0 N–H and O–H groups in total. The molecule has 1 rings (SSSR count). The van der Waals surface area contributed by atoms with Gasteiger partial charge in [0.1, 0.15) is 0 Å². The molecule has 0 aliphatic carbocycles. The van der Waals surface area contributed by atoms with Crippen molar-refractivity contribution in [3.8, 4) is 6.07 Å². The highest BCUT2D eigenvalue weighted by Crippen LogP contribution is 2.22. The minimum atomic E-state index is 0.208. The molecule has 1 unspecified atom stereocenters. The fourth-order valence-electron chi connectivity index (χ4n) is 0.468. The van der Waals surface area contributed by atoms with E-state index in [4.69, 9.17) is 5.26 Å². The van der Waals surface area contributed by atoms with Crippen LogP contribution in [0.2, 0.25) is 0 Å². The van der Waals surface area contributed by atoms with Gasteiger partial charge in [-0.05, 0) is 11.8 Å². The van der Waals surface area contributed by atoms with Crippen molar-refractivity contribution in [1.82, 2.24) is 0 Å². The molecule has 0 aromatic carbocycles. The van der Waals surface area contributed by atoms with Crippen LogP contribution in [0.5, 0.6) is 0 Å². The quantitative estimate of drug-likeness (QED) is 0.473. The molecule has 7 heavy (non-hydrogen) atoms. The second-order valence-electron chi connectivity index (χ2n) is 1.36. The Hall–Kier alpha value is -0.420. The summed E-state index contributed by atoms with van der Waals surface area (Å²) in [5.74, 6) is 0. The van der Waals surface area contributed by atoms with E-state index in [1.54, 1.807) is 11.8 Å². The van der Waals surface area contributed by atoms with E-state index in [2.05, 4.69) is 6.07 Å². The zero-order valence-electron chi connectivity index (χ0n) is 3.79. The van der Waals surface area contributed by atoms with Crippen molar-refractivity contribution in [3.63, 3.8) is 0 Å². The van der Waals surface area contributed by atoms with Crippen molar-refractivity contribution in [1.29, 1.82) is 5.26 Å². The summed E-state index contributed by atoms with van der Waals surface area (Å²) < 4.78 is 0. The molecule has 0 saturated heterocycles. The molecule has 0 spiro atoms. The van der Waals surface area contributed by atoms with Crippen LogP contribution in [0.15, 0.2) is 11.5 Å². The molecular formula is C5H5NS. The molecule has 0 saturated carbocycles. The van der Waals surface area contributed by atoms with E-state index in [0.717, 1.165) is 6.42 Å². The van der Waals surface area contributed by atoms with Gasteiger partial charge in [0.2, 0.25) is 0 Å². The number of hydrogen-bond acceptors (Lipinski definition) is 2. The molecule has 36 valence electrons. The standard InChI is InChI=1S/C5H5NS/c6-4-5-2-1-3-7-5/h1,3,5H,2H2. The monoisotopic (exact) mass is 111 g/mol. The van der Waals surface area contributed by atoms with Gasteiger partial charge >= 0.3 is 0 Å². The summed E-state index contributed by atoms with van der Waals surface area (Å²) in [7, 11) is 0. The summed E-state index contributed by atoms with van der Waals surface area (Å²) in [5, 5.41) is 10.4. The molecule has 0 amide bonds. The Balaban J connectivity index is 2.39. The van der Waals surface area contributed by atoms with Crippen LogP contribution in [0.4, 0.5) is 0 Å². The number of nitriles is 1. The second kappa shape index (κ2) is 2.04. The number of hydrogen-bond donors (Lipinski definition) is 0. The second-order valence-corrected chi connectivity index (χ2v) is 2.47. The summed E-state index contributed by atoms with van der Waals surface area (Å²) in [6.45, 7) is 0. The Morgan fingerprint density at radius 3 is 3.00 bits per heavy atom.